The molecule has 1 aromatic rings. The summed E-state index contributed by atoms with van der Waals surface area (Å²) in [7, 11) is 0. The normalized spacial score (nSPS) is 25.7. The van der Waals surface area contributed by atoms with Crippen LogP contribution >= 0.6 is 0 Å². The molecule has 5 heteroatoms. The fourth-order valence-corrected chi connectivity index (χ4v) is 3.55. The van der Waals surface area contributed by atoms with Crippen molar-refractivity contribution in [2.24, 2.45) is 17.6 Å². The van der Waals surface area contributed by atoms with Gasteiger partial charge in [0, 0.05) is 13.1 Å². The molecule has 1 saturated carbocycles. The van der Waals surface area contributed by atoms with E-state index in [1.807, 2.05) is 13.8 Å². The molecule has 2 fully saturated rings. The average Bonchev–Trinajstić information content (AvgIpc) is 2.92. The Kier molecular flexibility index (Phi) is 2.92. The molecule has 2 heterocycles. The van der Waals surface area contributed by atoms with E-state index < -0.39 is 0 Å². The maximum Gasteiger partial charge on any atom is 0.162 e. The zero-order chi connectivity index (χ0) is 13.6. The average molecular weight is 259 g/mol. The zero-order valence-corrected chi connectivity index (χ0v) is 11.6. The number of amidine groups is 1. The van der Waals surface area contributed by atoms with Crippen LogP contribution in [0.25, 0.3) is 0 Å². The van der Waals surface area contributed by atoms with Crippen LogP contribution in [0, 0.1) is 31.1 Å². The van der Waals surface area contributed by atoms with E-state index in [9.17, 15) is 0 Å². The second kappa shape index (κ2) is 4.47. The predicted octanol–water partition coefficient (Wildman–Crippen LogP) is 1.61. The van der Waals surface area contributed by atoms with Gasteiger partial charge in [-0.25, -0.2) is 0 Å². The Balaban J connectivity index is 1.97. The third-order valence-corrected chi connectivity index (χ3v) is 4.73. The van der Waals surface area contributed by atoms with Crippen molar-refractivity contribution in [3.05, 3.63) is 16.8 Å². The number of hydrogen-bond acceptors (Lipinski definition) is 4. The fourth-order valence-electron chi connectivity index (χ4n) is 3.55. The summed E-state index contributed by atoms with van der Waals surface area (Å²) in [6, 6.07) is 0. The lowest BCUT2D eigenvalue weighted by molar-refractivity contribution is 0.494. The summed E-state index contributed by atoms with van der Waals surface area (Å²) < 4.78 is 0. The second-order valence-corrected chi connectivity index (χ2v) is 5.88. The van der Waals surface area contributed by atoms with Gasteiger partial charge in [-0.1, -0.05) is 6.42 Å². The van der Waals surface area contributed by atoms with E-state index in [1.54, 1.807) is 0 Å². The van der Waals surface area contributed by atoms with Crippen molar-refractivity contribution in [1.82, 2.24) is 10.2 Å². The molecule has 0 spiro atoms. The molecule has 2 atom stereocenters. The minimum absolute atomic E-state index is 0.0996. The van der Waals surface area contributed by atoms with Gasteiger partial charge in [-0.3, -0.25) is 5.41 Å². The Labute approximate surface area is 113 Å². The Morgan fingerprint density at radius 2 is 1.84 bits per heavy atom. The summed E-state index contributed by atoms with van der Waals surface area (Å²) in [5.41, 5.74) is 8.36. The number of aryl methyl sites for hydroxylation is 1. The summed E-state index contributed by atoms with van der Waals surface area (Å²) in [5.74, 6) is 2.50. The van der Waals surface area contributed by atoms with Gasteiger partial charge in [0.1, 0.15) is 5.84 Å². The van der Waals surface area contributed by atoms with Crippen LogP contribution in [0.2, 0.25) is 0 Å². The molecule has 0 aromatic carbocycles. The fraction of sp³-hybridized carbons (Fsp3) is 0.643. The van der Waals surface area contributed by atoms with E-state index >= 15 is 0 Å². The molecule has 1 aliphatic carbocycles. The topological polar surface area (TPSA) is 78.9 Å². The van der Waals surface area contributed by atoms with Crippen LogP contribution < -0.4 is 10.6 Å². The first-order valence-corrected chi connectivity index (χ1v) is 7.01. The van der Waals surface area contributed by atoms with Crippen molar-refractivity contribution < 1.29 is 0 Å². The lowest BCUT2D eigenvalue weighted by Gasteiger charge is -2.22. The van der Waals surface area contributed by atoms with Gasteiger partial charge in [-0.05, 0) is 44.1 Å². The van der Waals surface area contributed by atoms with Crippen molar-refractivity contribution in [2.45, 2.75) is 33.1 Å². The molecule has 102 valence electrons. The molecule has 0 radical (unpaired) electrons. The minimum Gasteiger partial charge on any atom is -0.384 e. The molecule has 1 saturated heterocycles. The van der Waals surface area contributed by atoms with Crippen LogP contribution in [0.15, 0.2) is 0 Å². The van der Waals surface area contributed by atoms with Crippen LogP contribution in [0.1, 0.15) is 36.1 Å². The molecule has 2 aliphatic rings. The molecule has 1 aromatic heterocycles. The molecule has 3 rings (SSSR count). The van der Waals surface area contributed by atoms with Gasteiger partial charge in [0.05, 0.1) is 11.3 Å². The van der Waals surface area contributed by atoms with E-state index in [0.29, 0.717) is 0 Å². The van der Waals surface area contributed by atoms with Gasteiger partial charge in [0.15, 0.2) is 5.82 Å². The number of anilines is 1. The summed E-state index contributed by atoms with van der Waals surface area (Å²) in [6.07, 6.45) is 4.02. The highest BCUT2D eigenvalue weighted by molar-refractivity contribution is 6.01. The summed E-state index contributed by atoms with van der Waals surface area (Å²) >= 11 is 0. The monoisotopic (exact) mass is 259 g/mol. The molecular weight excluding hydrogens is 238 g/mol. The van der Waals surface area contributed by atoms with Crippen molar-refractivity contribution >= 4 is 11.7 Å². The number of nitrogens with one attached hydrogen (secondary N) is 1. The minimum atomic E-state index is 0.0996. The third kappa shape index (κ3) is 1.97. The van der Waals surface area contributed by atoms with Gasteiger partial charge < -0.3 is 10.6 Å². The van der Waals surface area contributed by atoms with Gasteiger partial charge >= 0.3 is 0 Å². The van der Waals surface area contributed by atoms with Gasteiger partial charge in [-0.15, -0.1) is 5.10 Å². The van der Waals surface area contributed by atoms with E-state index in [2.05, 4.69) is 15.1 Å². The van der Waals surface area contributed by atoms with Crippen LogP contribution in [0.3, 0.4) is 0 Å². The number of rotatable bonds is 2. The SMILES string of the molecule is Cc1nnc(N2CC3CCCC3C2)c(C(=N)N)c1C. The van der Waals surface area contributed by atoms with Crippen LogP contribution in [0.5, 0.6) is 0 Å². The van der Waals surface area contributed by atoms with Crippen molar-refractivity contribution in [3.8, 4) is 0 Å². The highest BCUT2D eigenvalue weighted by Gasteiger charge is 2.37. The molecule has 1 aliphatic heterocycles. The lowest BCUT2D eigenvalue weighted by Crippen LogP contribution is -2.27. The Bertz CT molecular complexity index is 513. The van der Waals surface area contributed by atoms with Crippen molar-refractivity contribution in [1.29, 1.82) is 5.41 Å². The lowest BCUT2D eigenvalue weighted by atomic mass is 10.0. The van der Waals surface area contributed by atoms with Crippen LogP contribution in [-0.4, -0.2) is 29.1 Å². The first-order valence-electron chi connectivity index (χ1n) is 7.01. The van der Waals surface area contributed by atoms with E-state index in [0.717, 1.165) is 47.6 Å². The molecule has 19 heavy (non-hydrogen) atoms. The summed E-state index contributed by atoms with van der Waals surface area (Å²) in [4.78, 5) is 2.28. The number of nitrogens with zero attached hydrogens (tertiary/aromatic N) is 3. The number of nitrogen functional groups attached to an aromatic ring is 1. The van der Waals surface area contributed by atoms with E-state index in [-0.39, 0.29) is 5.84 Å². The van der Waals surface area contributed by atoms with Crippen molar-refractivity contribution in [3.63, 3.8) is 0 Å². The number of fused-ring (bicyclic) bond motifs is 1. The molecule has 0 bridgehead atoms. The maximum absolute atomic E-state index is 7.82. The standard InChI is InChI=1S/C14H21N5/c1-8-9(2)17-18-14(12(8)13(15)16)19-6-10-4-3-5-11(10)7-19/h10-11H,3-7H2,1-2H3,(H3,15,16). The maximum atomic E-state index is 7.82. The molecule has 5 nitrogen and oxygen atoms in total. The highest BCUT2D eigenvalue weighted by atomic mass is 15.3. The molecule has 3 N–H and O–H groups in total. The highest BCUT2D eigenvalue weighted by Crippen LogP contribution is 2.40. The summed E-state index contributed by atoms with van der Waals surface area (Å²) in [6.45, 7) is 5.97. The van der Waals surface area contributed by atoms with E-state index in [4.69, 9.17) is 11.1 Å². The number of aromatic nitrogens is 2. The van der Waals surface area contributed by atoms with Gasteiger partial charge in [0.25, 0.3) is 0 Å². The number of hydrogen-bond donors (Lipinski definition) is 2. The van der Waals surface area contributed by atoms with Gasteiger partial charge in [-0.2, -0.15) is 5.10 Å². The second-order valence-electron chi connectivity index (χ2n) is 5.88. The molecular formula is C14H21N5. The van der Waals surface area contributed by atoms with Crippen molar-refractivity contribution in [2.75, 3.05) is 18.0 Å². The predicted molar refractivity (Wildman–Crippen MR) is 75.6 cm³/mol. The Morgan fingerprint density at radius 1 is 1.21 bits per heavy atom. The summed E-state index contributed by atoms with van der Waals surface area (Å²) in [5, 5.41) is 16.4. The number of nitrogens with two attached hydrogens (primary N) is 1. The molecule has 2 unspecified atom stereocenters. The smallest absolute Gasteiger partial charge is 0.162 e. The first-order chi connectivity index (χ1) is 9.08. The van der Waals surface area contributed by atoms with Gasteiger partial charge in [0.2, 0.25) is 0 Å². The first kappa shape index (κ1) is 12.4. The largest absolute Gasteiger partial charge is 0.384 e. The zero-order valence-electron chi connectivity index (χ0n) is 11.6. The third-order valence-electron chi connectivity index (χ3n) is 4.73. The van der Waals surface area contributed by atoms with E-state index in [1.165, 1.54) is 19.3 Å². The van der Waals surface area contributed by atoms with Crippen LogP contribution in [-0.2, 0) is 0 Å². The molecule has 0 amide bonds. The Hall–Kier alpha value is -1.65. The Morgan fingerprint density at radius 3 is 2.42 bits per heavy atom. The quantitative estimate of drug-likeness (QED) is 0.625. The van der Waals surface area contributed by atoms with Crippen LogP contribution in [0.4, 0.5) is 5.82 Å².